The molecule has 0 aromatic heterocycles. The van der Waals surface area contributed by atoms with Crippen molar-refractivity contribution in [2.75, 3.05) is 12.9 Å². The van der Waals surface area contributed by atoms with Crippen LogP contribution in [-0.4, -0.2) is 35.2 Å². The number of rotatable bonds is 5. The van der Waals surface area contributed by atoms with Crippen LogP contribution in [0, 0.1) is 0 Å². The van der Waals surface area contributed by atoms with Gasteiger partial charge >= 0.3 is 5.97 Å². The minimum absolute atomic E-state index is 0.00679. The van der Waals surface area contributed by atoms with Crippen molar-refractivity contribution in [3.8, 4) is 0 Å². The van der Waals surface area contributed by atoms with Crippen molar-refractivity contribution in [3.05, 3.63) is 0 Å². The maximum absolute atomic E-state index is 11.7. The SMILES string of the molecule is CCC(CSC(C)(C)C)(N=C=O)C(=O)OC. The molecule has 0 N–H and O–H groups in total. The molecule has 5 heteroatoms. The number of aliphatic imine (C=N–C) groups is 1. The zero-order chi connectivity index (χ0) is 12.8. The summed E-state index contributed by atoms with van der Waals surface area (Å²) >= 11 is 1.58. The zero-order valence-electron chi connectivity index (χ0n) is 10.5. The minimum atomic E-state index is -1.09. The van der Waals surface area contributed by atoms with E-state index in [0.717, 1.165) is 0 Å². The molecule has 0 rings (SSSR count). The Bertz CT molecular complexity index is 292. The first-order valence-electron chi connectivity index (χ1n) is 5.12. The third kappa shape index (κ3) is 4.37. The predicted octanol–water partition coefficient (Wildman–Crippen LogP) is 2.18. The molecule has 0 fully saturated rings. The molecule has 0 aliphatic rings. The molecule has 0 aromatic rings. The van der Waals surface area contributed by atoms with Crippen molar-refractivity contribution in [2.24, 2.45) is 4.99 Å². The topological polar surface area (TPSA) is 55.7 Å². The standard InChI is InChI=1S/C11H19NO3S/c1-6-11(12-8-13,9(14)15-5)7-16-10(2,3)4/h6-7H2,1-5H3. The summed E-state index contributed by atoms with van der Waals surface area (Å²) in [5, 5.41) is 0. The van der Waals surface area contributed by atoms with Crippen LogP contribution in [0.4, 0.5) is 0 Å². The second-order valence-electron chi connectivity index (χ2n) is 4.48. The van der Waals surface area contributed by atoms with Crippen molar-refractivity contribution < 1.29 is 14.3 Å². The second kappa shape index (κ2) is 6.06. The molecule has 0 bridgehead atoms. The highest BCUT2D eigenvalue weighted by Crippen LogP contribution is 2.31. The summed E-state index contributed by atoms with van der Waals surface area (Å²) in [6, 6.07) is 0. The number of nitrogens with zero attached hydrogens (tertiary/aromatic N) is 1. The van der Waals surface area contributed by atoms with E-state index < -0.39 is 11.5 Å². The first kappa shape index (κ1) is 15.2. The van der Waals surface area contributed by atoms with Gasteiger partial charge in [0, 0.05) is 10.5 Å². The summed E-state index contributed by atoms with van der Waals surface area (Å²) < 4.78 is 4.71. The van der Waals surface area contributed by atoms with Crippen LogP contribution in [-0.2, 0) is 14.3 Å². The first-order chi connectivity index (χ1) is 7.31. The molecule has 0 spiro atoms. The summed E-state index contributed by atoms with van der Waals surface area (Å²) in [6.07, 6.45) is 1.90. The summed E-state index contributed by atoms with van der Waals surface area (Å²) in [4.78, 5) is 25.7. The lowest BCUT2D eigenvalue weighted by molar-refractivity contribution is -0.146. The molecule has 0 heterocycles. The van der Waals surface area contributed by atoms with Gasteiger partial charge in [0.15, 0.2) is 5.54 Å². The lowest BCUT2D eigenvalue weighted by Crippen LogP contribution is -2.40. The third-order valence-corrected chi connectivity index (χ3v) is 3.64. The van der Waals surface area contributed by atoms with E-state index in [2.05, 4.69) is 4.99 Å². The number of carbonyl (C=O) groups is 1. The number of carbonyl (C=O) groups excluding carboxylic acids is 2. The van der Waals surface area contributed by atoms with Crippen molar-refractivity contribution in [2.45, 2.75) is 44.4 Å². The predicted molar refractivity (Wildman–Crippen MR) is 65.4 cm³/mol. The van der Waals surface area contributed by atoms with E-state index in [9.17, 15) is 9.59 Å². The molecule has 0 amide bonds. The molecule has 1 atom stereocenters. The first-order valence-corrected chi connectivity index (χ1v) is 6.11. The summed E-state index contributed by atoms with van der Waals surface area (Å²) in [5.74, 6) is -0.0512. The maximum Gasteiger partial charge on any atom is 0.335 e. The van der Waals surface area contributed by atoms with E-state index in [1.165, 1.54) is 13.2 Å². The fraction of sp³-hybridized carbons (Fsp3) is 0.818. The molecule has 4 nitrogen and oxygen atoms in total. The van der Waals surface area contributed by atoms with Gasteiger partial charge in [0.1, 0.15) is 0 Å². The Labute approximate surface area is 101 Å². The van der Waals surface area contributed by atoms with Gasteiger partial charge in [-0.1, -0.05) is 27.7 Å². The molecule has 16 heavy (non-hydrogen) atoms. The quantitative estimate of drug-likeness (QED) is 0.423. The number of esters is 1. The van der Waals surface area contributed by atoms with E-state index in [0.29, 0.717) is 12.2 Å². The van der Waals surface area contributed by atoms with Gasteiger partial charge < -0.3 is 4.74 Å². The van der Waals surface area contributed by atoms with Gasteiger partial charge in [-0.15, -0.1) is 0 Å². The van der Waals surface area contributed by atoms with E-state index in [1.807, 2.05) is 20.8 Å². The Morgan fingerprint density at radius 2 is 2.00 bits per heavy atom. The van der Waals surface area contributed by atoms with Crippen molar-refractivity contribution in [3.63, 3.8) is 0 Å². The number of isocyanates is 1. The monoisotopic (exact) mass is 245 g/mol. The van der Waals surface area contributed by atoms with Gasteiger partial charge in [-0.05, 0) is 6.42 Å². The molecule has 1 unspecified atom stereocenters. The van der Waals surface area contributed by atoms with Gasteiger partial charge in [0.25, 0.3) is 0 Å². The summed E-state index contributed by atoms with van der Waals surface area (Å²) in [6.45, 7) is 7.93. The van der Waals surface area contributed by atoms with Crippen LogP contribution in [0.5, 0.6) is 0 Å². The number of ether oxygens (including phenoxy) is 1. The average molecular weight is 245 g/mol. The maximum atomic E-state index is 11.7. The molecule has 0 saturated heterocycles. The smallest absolute Gasteiger partial charge is 0.335 e. The van der Waals surface area contributed by atoms with Gasteiger partial charge in [-0.2, -0.15) is 16.8 Å². The highest BCUT2D eigenvalue weighted by Gasteiger charge is 2.39. The normalized spacial score (nSPS) is 14.8. The molecule has 0 saturated carbocycles. The van der Waals surface area contributed by atoms with E-state index in [4.69, 9.17) is 4.74 Å². The van der Waals surface area contributed by atoms with E-state index in [-0.39, 0.29) is 4.75 Å². The van der Waals surface area contributed by atoms with Crippen molar-refractivity contribution in [1.29, 1.82) is 0 Å². The Morgan fingerprint density at radius 3 is 2.31 bits per heavy atom. The zero-order valence-corrected chi connectivity index (χ0v) is 11.3. The van der Waals surface area contributed by atoms with Crippen LogP contribution >= 0.6 is 11.8 Å². The molecule has 0 aliphatic carbocycles. The van der Waals surface area contributed by atoms with Crippen LogP contribution in [0.2, 0.25) is 0 Å². The van der Waals surface area contributed by atoms with Gasteiger partial charge in [0.05, 0.1) is 7.11 Å². The van der Waals surface area contributed by atoms with E-state index >= 15 is 0 Å². The van der Waals surface area contributed by atoms with Crippen LogP contribution in [0.25, 0.3) is 0 Å². The molecular formula is C11H19NO3S. The lowest BCUT2D eigenvalue weighted by Gasteiger charge is -2.27. The summed E-state index contributed by atoms with van der Waals surface area (Å²) in [5.41, 5.74) is -1.09. The van der Waals surface area contributed by atoms with Crippen molar-refractivity contribution >= 4 is 23.8 Å². The number of hydrogen-bond acceptors (Lipinski definition) is 5. The largest absolute Gasteiger partial charge is 0.467 e. The number of methoxy groups -OCH3 is 1. The molecule has 0 aliphatic heterocycles. The van der Waals surface area contributed by atoms with Crippen molar-refractivity contribution in [1.82, 2.24) is 0 Å². The molecule has 0 radical (unpaired) electrons. The van der Waals surface area contributed by atoms with Crippen LogP contribution in [0.3, 0.4) is 0 Å². The highest BCUT2D eigenvalue weighted by atomic mass is 32.2. The molecular weight excluding hydrogens is 226 g/mol. The summed E-state index contributed by atoms with van der Waals surface area (Å²) in [7, 11) is 1.30. The minimum Gasteiger partial charge on any atom is -0.467 e. The second-order valence-corrected chi connectivity index (χ2v) is 6.28. The highest BCUT2D eigenvalue weighted by molar-refractivity contribution is 8.00. The fourth-order valence-corrected chi connectivity index (χ4v) is 2.13. The average Bonchev–Trinajstić information content (AvgIpc) is 2.22. The van der Waals surface area contributed by atoms with E-state index in [1.54, 1.807) is 18.7 Å². The number of thioether (sulfide) groups is 1. The van der Waals surface area contributed by atoms with Crippen LogP contribution in [0.15, 0.2) is 4.99 Å². The van der Waals surface area contributed by atoms with Gasteiger partial charge in [-0.25, -0.2) is 9.59 Å². The van der Waals surface area contributed by atoms with Crippen LogP contribution < -0.4 is 0 Å². The van der Waals surface area contributed by atoms with Gasteiger partial charge in [0.2, 0.25) is 6.08 Å². The molecule has 92 valence electrons. The van der Waals surface area contributed by atoms with Gasteiger partial charge in [-0.3, -0.25) is 0 Å². The Morgan fingerprint density at radius 1 is 1.44 bits per heavy atom. The lowest BCUT2D eigenvalue weighted by atomic mass is 10.0. The Kier molecular flexibility index (Phi) is 5.76. The Hall–Kier alpha value is -0.800. The van der Waals surface area contributed by atoms with Crippen LogP contribution in [0.1, 0.15) is 34.1 Å². The fourth-order valence-electron chi connectivity index (χ4n) is 1.08. The molecule has 0 aromatic carbocycles. The Balaban J connectivity index is 4.92. The third-order valence-electron chi connectivity index (χ3n) is 2.15. The number of hydrogen-bond donors (Lipinski definition) is 0.